The van der Waals surface area contributed by atoms with Crippen LogP contribution in [0.2, 0.25) is 0 Å². The standard InChI is InChI=1S/C19H21N3/c1-21-10-3-5-18(21)14-22-11-8-15-6-7-16(12-19(15)22)17-4-2-9-20-13-17/h2,4,6-9,11-13,18H,3,5,10,14H2,1H3/t18-/m0/s1. The molecule has 0 spiro atoms. The van der Waals surface area contributed by atoms with Gasteiger partial charge in [-0.2, -0.15) is 0 Å². The molecule has 0 unspecified atom stereocenters. The number of hydrogen-bond donors (Lipinski definition) is 0. The van der Waals surface area contributed by atoms with Gasteiger partial charge in [0.15, 0.2) is 0 Å². The fourth-order valence-electron chi connectivity index (χ4n) is 3.49. The molecule has 3 heterocycles. The molecule has 2 aromatic heterocycles. The molecule has 1 aliphatic heterocycles. The Morgan fingerprint density at radius 1 is 1.18 bits per heavy atom. The first-order valence-corrected chi connectivity index (χ1v) is 8.01. The van der Waals surface area contributed by atoms with Crippen molar-refractivity contribution in [2.75, 3.05) is 13.6 Å². The number of hydrogen-bond acceptors (Lipinski definition) is 2. The number of likely N-dealkylation sites (tertiary alicyclic amines) is 1. The van der Waals surface area contributed by atoms with Gasteiger partial charge in [-0.1, -0.05) is 18.2 Å². The van der Waals surface area contributed by atoms with E-state index in [4.69, 9.17) is 0 Å². The SMILES string of the molecule is CN1CCC[C@H]1Cn1ccc2ccc(-c3cccnc3)cc21. The van der Waals surface area contributed by atoms with E-state index in [1.165, 1.54) is 41.4 Å². The van der Waals surface area contributed by atoms with Crippen LogP contribution in [0.4, 0.5) is 0 Å². The molecule has 4 rings (SSSR count). The maximum absolute atomic E-state index is 4.23. The first kappa shape index (κ1) is 13.5. The second kappa shape index (κ2) is 5.58. The molecule has 1 aromatic carbocycles. The van der Waals surface area contributed by atoms with Crippen LogP contribution in [-0.4, -0.2) is 34.1 Å². The highest BCUT2D eigenvalue weighted by molar-refractivity contribution is 5.85. The van der Waals surface area contributed by atoms with Crippen LogP contribution in [0.3, 0.4) is 0 Å². The predicted octanol–water partition coefficient (Wildman–Crippen LogP) is 3.80. The first-order valence-electron chi connectivity index (χ1n) is 8.01. The lowest BCUT2D eigenvalue weighted by atomic mass is 10.1. The Kier molecular flexibility index (Phi) is 3.43. The number of fused-ring (bicyclic) bond motifs is 1. The average Bonchev–Trinajstić information content (AvgIpc) is 3.15. The highest BCUT2D eigenvalue weighted by Crippen LogP contribution is 2.26. The van der Waals surface area contributed by atoms with Gasteiger partial charge in [0.25, 0.3) is 0 Å². The van der Waals surface area contributed by atoms with Gasteiger partial charge in [-0.15, -0.1) is 0 Å². The van der Waals surface area contributed by atoms with E-state index in [0.717, 1.165) is 6.54 Å². The number of pyridine rings is 1. The van der Waals surface area contributed by atoms with E-state index in [0.29, 0.717) is 6.04 Å². The minimum atomic E-state index is 0.664. The number of nitrogens with zero attached hydrogens (tertiary/aromatic N) is 3. The topological polar surface area (TPSA) is 21.1 Å². The summed E-state index contributed by atoms with van der Waals surface area (Å²) in [6.45, 7) is 2.31. The van der Waals surface area contributed by atoms with Gasteiger partial charge in [0.2, 0.25) is 0 Å². The van der Waals surface area contributed by atoms with Crippen molar-refractivity contribution >= 4 is 10.9 Å². The van der Waals surface area contributed by atoms with Crippen molar-refractivity contribution in [3.8, 4) is 11.1 Å². The molecule has 1 fully saturated rings. The third-order valence-electron chi connectivity index (χ3n) is 4.85. The number of likely N-dealkylation sites (N-methyl/N-ethyl adjacent to an activating group) is 1. The molecule has 0 amide bonds. The van der Waals surface area contributed by atoms with Crippen LogP contribution in [0, 0.1) is 0 Å². The van der Waals surface area contributed by atoms with E-state index in [9.17, 15) is 0 Å². The summed E-state index contributed by atoms with van der Waals surface area (Å²) < 4.78 is 2.40. The van der Waals surface area contributed by atoms with Gasteiger partial charge in [0, 0.05) is 42.3 Å². The summed E-state index contributed by atoms with van der Waals surface area (Å²) >= 11 is 0. The monoisotopic (exact) mass is 291 g/mol. The minimum absolute atomic E-state index is 0.664. The van der Waals surface area contributed by atoms with Crippen LogP contribution in [0.15, 0.2) is 55.0 Å². The van der Waals surface area contributed by atoms with Crippen molar-refractivity contribution in [1.29, 1.82) is 0 Å². The maximum atomic E-state index is 4.23. The van der Waals surface area contributed by atoms with E-state index in [1.807, 2.05) is 18.5 Å². The summed E-state index contributed by atoms with van der Waals surface area (Å²) in [6, 6.07) is 13.7. The lowest BCUT2D eigenvalue weighted by molar-refractivity contribution is 0.284. The van der Waals surface area contributed by atoms with Gasteiger partial charge >= 0.3 is 0 Å². The van der Waals surface area contributed by atoms with E-state index in [-0.39, 0.29) is 0 Å². The van der Waals surface area contributed by atoms with Gasteiger partial charge in [0.05, 0.1) is 0 Å². The molecule has 0 radical (unpaired) electrons. The van der Waals surface area contributed by atoms with Gasteiger partial charge in [-0.05, 0) is 55.6 Å². The van der Waals surface area contributed by atoms with Crippen LogP contribution in [0.1, 0.15) is 12.8 Å². The molecular formula is C19H21N3. The molecule has 22 heavy (non-hydrogen) atoms. The summed E-state index contributed by atoms with van der Waals surface area (Å²) in [4.78, 5) is 6.71. The van der Waals surface area contributed by atoms with Crippen LogP contribution in [0.5, 0.6) is 0 Å². The van der Waals surface area contributed by atoms with E-state index < -0.39 is 0 Å². The molecular weight excluding hydrogens is 270 g/mol. The number of aromatic nitrogens is 2. The molecule has 3 nitrogen and oxygen atoms in total. The normalized spacial score (nSPS) is 19.0. The fraction of sp³-hybridized carbons (Fsp3) is 0.316. The highest BCUT2D eigenvalue weighted by atomic mass is 15.2. The Labute approximate surface area is 131 Å². The molecule has 0 N–H and O–H groups in total. The Balaban J connectivity index is 1.71. The second-order valence-corrected chi connectivity index (χ2v) is 6.26. The molecule has 3 aromatic rings. The maximum Gasteiger partial charge on any atom is 0.0487 e. The minimum Gasteiger partial charge on any atom is -0.346 e. The summed E-state index contributed by atoms with van der Waals surface area (Å²) in [7, 11) is 2.24. The molecule has 0 aliphatic carbocycles. The van der Waals surface area contributed by atoms with E-state index in [2.05, 4.69) is 58.0 Å². The van der Waals surface area contributed by atoms with Crippen LogP contribution >= 0.6 is 0 Å². The summed E-state index contributed by atoms with van der Waals surface area (Å²) in [6.07, 6.45) is 8.60. The lowest BCUT2D eigenvalue weighted by Crippen LogP contribution is -2.28. The molecule has 3 heteroatoms. The van der Waals surface area contributed by atoms with Crippen molar-refractivity contribution in [3.63, 3.8) is 0 Å². The van der Waals surface area contributed by atoms with E-state index >= 15 is 0 Å². The van der Waals surface area contributed by atoms with Crippen molar-refractivity contribution in [1.82, 2.24) is 14.5 Å². The molecule has 0 bridgehead atoms. The zero-order chi connectivity index (χ0) is 14.9. The van der Waals surface area contributed by atoms with Crippen molar-refractivity contribution in [2.45, 2.75) is 25.4 Å². The van der Waals surface area contributed by atoms with Crippen LogP contribution in [0.25, 0.3) is 22.0 Å². The Morgan fingerprint density at radius 2 is 2.14 bits per heavy atom. The van der Waals surface area contributed by atoms with E-state index in [1.54, 1.807) is 0 Å². The predicted molar refractivity (Wildman–Crippen MR) is 90.8 cm³/mol. The third-order valence-corrected chi connectivity index (χ3v) is 4.85. The zero-order valence-corrected chi connectivity index (χ0v) is 12.9. The van der Waals surface area contributed by atoms with Crippen molar-refractivity contribution < 1.29 is 0 Å². The van der Waals surface area contributed by atoms with Crippen molar-refractivity contribution in [2.24, 2.45) is 0 Å². The third kappa shape index (κ3) is 2.42. The molecule has 1 saturated heterocycles. The molecule has 112 valence electrons. The zero-order valence-electron chi connectivity index (χ0n) is 12.9. The van der Waals surface area contributed by atoms with Gasteiger partial charge in [-0.3, -0.25) is 4.98 Å². The fourth-order valence-corrected chi connectivity index (χ4v) is 3.49. The van der Waals surface area contributed by atoms with Gasteiger partial charge in [-0.25, -0.2) is 0 Å². The molecule has 0 saturated carbocycles. The van der Waals surface area contributed by atoms with Crippen molar-refractivity contribution in [3.05, 3.63) is 55.0 Å². The highest BCUT2D eigenvalue weighted by Gasteiger charge is 2.21. The number of benzene rings is 1. The Hall–Kier alpha value is -2.13. The first-order chi connectivity index (χ1) is 10.8. The largest absolute Gasteiger partial charge is 0.346 e. The summed E-state index contributed by atoms with van der Waals surface area (Å²) in [5.41, 5.74) is 3.73. The number of rotatable bonds is 3. The molecule has 1 aliphatic rings. The summed E-state index contributed by atoms with van der Waals surface area (Å²) in [5, 5.41) is 1.31. The Morgan fingerprint density at radius 3 is 2.91 bits per heavy atom. The van der Waals surface area contributed by atoms with Crippen LogP contribution < -0.4 is 0 Å². The van der Waals surface area contributed by atoms with Crippen LogP contribution in [-0.2, 0) is 6.54 Å². The molecule has 1 atom stereocenters. The lowest BCUT2D eigenvalue weighted by Gasteiger charge is -2.20. The summed E-state index contributed by atoms with van der Waals surface area (Å²) in [5.74, 6) is 0. The second-order valence-electron chi connectivity index (χ2n) is 6.26. The van der Waals surface area contributed by atoms with Gasteiger partial charge in [0.1, 0.15) is 0 Å². The smallest absolute Gasteiger partial charge is 0.0487 e. The average molecular weight is 291 g/mol. The quantitative estimate of drug-likeness (QED) is 0.732. The van der Waals surface area contributed by atoms with Gasteiger partial charge < -0.3 is 9.47 Å². The Bertz CT molecular complexity index is 776.